The molecule has 0 bridgehead atoms. The average Bonchev–Trinajstić information content (AvgIpc) is 2.68. The van der Waals surface area contributed by atoms with Crippen molar-refractivity contribution in [2.24, 2.45) is 5.92 Å². The van der Waals surface area contributed by atoms with Gasteiger partial charge in [-0.25, -0.2) is 0 Å². The van der Waals surface area contributed by atoms with Crippen LogP contribution in [0.2, 0.25) is 0 Å². The minimum absolute atomic E-state index is 0.311. The summed E-state index contributed by atoms with van der Waals surface area (Å²) in [6, 6.07) is 2.17. The van der Waals surface area contributed by atoms with Gasteiger partial charge in [0.15, 0.2) is 0 Å². The molecular formula is C17H27BN2O2. The van der Waals surface area contributed by atoms with Gasteiger partial charge in [-0.15, -0.1) is 0 Å². The lowest BCUT2D eigenvalue weighted by Gasteiger charge is -2.32. The molecule has 2 aliphatic rings. The highest BCUT2D eigenvalue weighted by atomic mass is 16.7. The Labute approximate surface area is 134 Å². The molecule has 0 aliphatic carbocycles. The van der Waals surface area contributed by atoms with Gasteiger partial charge in [0, 0.05) is 24.7 Å². The molecule has 2 aliphatic heterocycles. The van der Waals surface area contributed by atoms with Crippen LogP contribution >= 0.6 is 0 Å². The predicted octanol–water partition coefficient (Wildman–Crippen LogP) is 2.62. The molecule has 120 valence electrons. The molecule has 0 aromatic carbocycles. The molecule has 5 heteroatoms. The lowest BCUT2D eigenvalue weighted by Crippen LogP contribution is -2.41. The van der Waals surface area contributed by atoms with E-state index in [1.54, 1.807) is 0 Å². The third kappa shape index (κ3) is 2.89. The molecule has 2 fully saturated rings. The molecule has 3 heterocycles. The van der Waals surface area contributed by atoms with Gasteiger partial charge in [-0.3, -0.25) is 4.98 Å². The fraction of sp³-hybridized carbons (Fsp3) is 0.706. The monoisotopic (exact) mass is 302 g/mol. The van der Waals surface area contributed by atoms with E-state index in [1.165, 1.54) is 18.5 Å². The van der Waals surface area contributed by atoms with Crippen LogP contribution in [0.1, 0.15) is 47.5 Å². The van der Waals surface area contributed by atoms with Crippen molar-refractivity contribution in [2.45, 2.75) is 58.7 Å². The fourth-order valence-electron chi connectivity index (χ4n) is 2.99. The van der Waals surface area contributed by atoms with Crippen LogP contribution in [-0.4, -0.2) is 36.4 Å². The summed E-state index contributed by atoms with van der Waals surface area (Å²) >= 11 is 0. The van der Waals surface area contributed by atoms with E-state index >= 15 is 0 Å². The van der Waals surface area contributed by atoms with Gasteiger partial charge in [0.1, 0.15) is 0 Å². The molecule has 0 unspecified atom stereocenters. The van der Waals surface area contributed by atoms with Gasteiger partial charge in [-0.05, 0) is 52.5 Å². The van der Waals surface area contributed by atoms with Crippen molar-refractivity contribution in [3.05, 3.63) is 18.5 Å². The standard InChI is InChI=1S/C17H27BN2O2/c1-13-6-8-20(9-7-13)15-10-14(11-19-12-15)18-21-16(2,3)17(4,5)22-18/h10-13H,6-9H2,1-5H3. The molecule has 0 amide bonds. The van der Waals surface area contributed by atoms with Crippen molar-refractivity contribution in [1.82, 2.24) is 4.98 Å². The number of hydrogen-bond donors (Lipinski definition) is 0. The number of piperidine rings is 1. The summed E-state index contributed by atoms with van der Waals surface area (Å²) in [6.07, 6.45) is 6.31. The molecule has 4 nitrogen and oxygen atoms in total. The van der Waals surface area contributed by atoms with Gasteiger partial charge < -0.3 is 14.2 Å². The van der Waals surface area contributed by atoms with Crippen molar-refractivity contribution in [1.29, 1.82) is 0 Å². The number of anilines is 1. The Morgan fingerprint density at radius 1 is 1.09 bits per heavy atom. The predicted molar refractivity (Wildman–Crippen MR) is 90.6 cm³/mol. The molecule has 0 saturated carbocycles. The second-order valence-electron chi connectivity index (χ2n) is 7.73. The SMILES string of the molecule is CC1CCN(c2cncc(B3OC(C)(C)C(C)(C)O3)c2)CC1. The van der Waals surface area contributed by atoms with E-state index in [4.69, 9.17) is 9.31 Å². The molecule has 0 N–H and O–H groups in total. The number of hydrogen-bond acceptors (Lipinski definition) is 4. The van der Waals surface area contributed by atoms with Gasteiger partial charge in [0.05, 0.1) is 23.1 Å². The Balaban J connectivity index is 1.78. The first-order chi connectivity index (χ1) is 10.3. The van der Waals surface area contributed by atoms with Crippen molar-refractivity contribution < 1.29 is 9.31 Å². The maximum atomic E-state index is 6.13. The lowest BCUT2D eigenvalue weighted by atomic mass is 9.80. The largest absolute Gasteiger partial charge is 0.496 e. The first kappa shape index (κ1) is 15.8. The van der Waals surface area contributed by atoms with Gasteiger partial charge in [-0.2, -0.15) is 0 Å². The van der Waals surface area contributed by atoms with Crippen LogP contribution in [0, 0.1) is 5.92 Å². The minimum atomic E-state index is -0.332. The third-order valence-corrected chi connectivity index (χ3v) is 5.42. The molecule has 22 heavy (non-hydrogen) atoms. The van der Waals surface area contributed by atoms with Crippen LogP contribution < -0.4 is 10.4 Å². The highest BCUT2D eigenvalue weighted by Gasteiger charge is 2.51. The van der Waals surface area contributed by atoms with E-state index < -0.39 is 0 Å². The van der Waals surface area contributed by atoms with Gasteiger partial charge in [0.2, 0.25) is 0 Å². The van der Waals surface area contributed by atoms with Gasteiger partial charge in [-0.1, -0.05) is 6.92 Å². The summed E-state index contributed by atoms with van der Waals surface area (Å²) in [7, 11) is -0.332. The normalized spacial score (nSPS) is 24.8. The average molecular weight is 302 g/mol. The van der Waals surface area contributed by atoms with Crippen LogP contribution in [0.15, 0.2) is 18.5 Å². The zero-order chi connectivity index (χ0) is 16.0. The molecule has 0 atom stereocenters. The quantitative estimate of drug-likeness (QED) is 0.787. The Kier molecular flexibility index (Phi) is 3.98. The second-order valence-corrected chi connectivity index (χ2v) is 7.73. The van der Waals surface area contributed by atoms with Crippen LogP contribution in [-0.2, 0) is 9.31 Å². The van der Waals surface area contributed by atoms with Crippen molar-refractivity contribution >= 4 is 18.3 Å². The topological polar surface area (TPSA) is 34.6 Å². The Morgan fingerprint density at radius 3 is 2.27 bits per heavy atom. The molecule has 0 radical (unpaired) electrons. The zero-order valence-electron chi connectivity index (χ0n) is 14.4. The summed E-state index contributed by atoms with van der Waals surface area (Å²) in [6.45, 7) is 12.9. The summed E-state index contributed by atoms with van der Waals surface area (Å²) < 4.78 is 12.3. The van der Waals surface area contributed by atoms with E-state index in [0.717, 1.165) is 24.5 Å². The summed E-state index contributed by atoms with van der Waals surface area (Å²) in [5.74, 6) is 0.829. The molecular weight excluding hydrogens is 275 g/mol. The van der Waals surface area contributed by atoms with Crippen molar-refractivity contribution in [3.8, 4) is 0 Å². The van der Waals surface area contributed by atoms with Crippen LogP contribution in [0.3, 0.4) is 0 Å². The third-order valence-electron chi connectivity index (χ3n) is 5.42. The Hall–Kier alpha value is -1.07. The smallest absolute Gasteiger partial charge is 0.399 e. The maximum absolute atomic E-state index is 6.13. The fourth-order valence-corrected chi connectivity index (χ4v) is 2.99. The molecule has 2 saturated heterocycles. The number of aromatic nitrogens is 1. The highest BCUT2D eigenvalue weighted by molar-refractivity contribution is 6.62. The first-order valence-electron chi connectivity index (χ1n) is 8.34. The summed E-state index contributed by atoms with van der Waals surface area (Å²) in [5, 5.41) is 0. The number of pyridine rings is 1. The van der Waals surface area contributed by atoms with Crippen molar-refractivity contribution in [3.63, 3.8) is 0 Å². The highest BCUT2D eigenvalue weighted by Crippen LogP contribution is 2.36. The van der Waals surface area contributed by atoms with Gasteiger partial charge >= 0.3 is 7.12 Å². The molecule has 0 spiro atoms. The van der Waals surface area contributed by atoms with Gasteiger partial charge in [0.25, 0.3) is 0 Å². The zero-order valence-corrected chi connectivity index (χ0v) is 14.4. The van der Waals surface area contributed by atoms with E-state index in [0.29, 0.717) is 0 Å². The summed E-state index contributed by atoms with van der Waals surface area (Å²) in [4.78, 5) is 6.84. The molecule has 1 aromatic rings. The minimum Gasteiger partial charge on any atom is -0.399 e. The van der Waals surface area contributed by atoms with E-state index in [-0.39, 0.29) is 18.3 Å². The van der Waals surface area contributed by atoms with Crippen LogP contribution in [0.25, 0.3) is 0 Å². The summed E-state index contributed by atoms with van der Waals surface area (Å²) in [5.41, 5.74) is 1.57. The van der Waals surface area contributed by atoms with E-state index in [9.17, 15) is 0 Å². The van der Waals surface area contributed by atoms with Crippen LogP contribution in [0.5, 0.6) is 0 Å². The Bertz CT molecular complexity index is 523. The van der Waals surface area contributed by atoms with E-state index in [2.05, 4.69) is 50.6 Å². The lowest BCUT2D eigenvalue weighted by molar-refractivity contribution is 0.00578. The van der Waals surface area contributed by atoms with Crippen molar-refractivity contribution in [2.75, 3.05) is 18.0 Å². The molecule has 3 rings (SSSR count). The first-order valence-corrected chi connectivity index (χ1v) is 8.34. The second kappa shape index (κ2) is 5.53. The Morgan fingerprint density at radius 2 is 1.68 bits per heavy atom. The number of rotatable bonds is 2. The number of nitrogens with zero attached hydrogens (tertiary/aromatic N) is 2. The maximum Gasteiger partial charge on any atom is 0.496 e. The molecule has 1 aromatic heterocycles. The van der Waals surface area contributed by atoms with Crippen LogP contribution in [0.4, 0.5) is 5.69 Å². The van der Waals surface area contributed by atoms with E-state index in [1.807, 2.05) is 12.4 Å².